The molecule has 0 saturated carbocycles. The molecule has 0 aliphatic heterocycles. The fourth-order valence-electron chi connectivity index (χ4n) is 4.06. The molecule has 1 heterocycles. The molecule has 0 bridgehead atoms. The lowest BCUT2D eigenvalue weighted by Crippen LogP contribution is -2.30. The van der Waals surface area contributed by atoms with Crippen LogP contribution in [0.1, 0.15) is 28.4 Å². The fourth-order valence-corrected chi connectivity index (χ4v) is 6.08. The van der Waals surface area contributed by atoms with Crippen LogP contribution in [0, 0.1) is 6.92 Å². The third-order valence-electron chi connectivity index (χ3n) is 6.26. The third-order valence-corrected chi connectivity index (χ3v) is 8.54. The van der Waals surface area contributed by atoms with E-state index in [9.17, 15) is 14.4 Å². The highest BCUT2D eigenvalue weighted by Gasteiger charge is 2.18. The molecule has 0 spiro atoms. The van der Waals surface area contributed by atoms with Gasteiger partial charge in [0.05, 0.1) is 15.5 Å². The number of thiazole rings is 1. The summed E-state index contributed by atoms with van der Waals surface area (Å²) in [6.45, 7) is 3.83. The van der Waals surface area contributed by atoms with Crippen molar-refractivity contribution >= 4 is 79.5 Å². The SMILES string of the molecule is Cc1ccc2nc(NC(=O)C(C)Sc3cccc(NC(=O)/C(=C/c4ccc(Cl)cc4)NC(=O)c4ccccc4)c3)sc2c1. The fraction of sp³-hybridized carbons (Fsp3) is 0.0909. The Bertz CT molecular complexity index is 1820. The Hall–Kier alpha value is -4.44. The Morgan fingerprint density at radius 3 is 2.44 bits per heavy atom. The molecule has 1 atom stereocenters. The second kappa shape index (κ2) is 13.7. The van der Waals surface area contributed by atoms with Crippen molar-refractivity contribution in [1.29, 1.82) is 0 Å². The number of aryl methyl sites for hydroxylation is 1. The van der Waals surface area contributed by atoms with Crippen LogP contribution in [0.5, 0.6) is 0 Å². The predicted molar refractivity (Wildman–Crippen MR) is 177 cm³/mol. The van der Waals surface area contributed by atoms with E-state index in [1.54, 1.807) is 72.8 Å². The van der Waals surface area contributed by atoms with E-state index in [0.29, 0.717) is 27.0 Å². The van der Waals surface area contributed by atoms with Crippen molar-refractivity contribution < 1.29 is 14.4 Å². The van der Waals surface area contributed by atoms with Gasteiger partial charge in [-0.15, -0.1) is 11.8 Å². The Kier molecular flexibility index (Phi) is 9.56. The molecule has 3 amide bonds. The standard InChI is InChI=1S/C33H27ClN4O3S2/c1-20-11-16-27-29(17-20)43-33(37-27)38-30(39)21(2)42-26-10-6-9-25(19-26)35-32(41)28(18-22-12-14-24(34)15-13-22)36-31(40)23-7-4-3-5-8-23/h3-19,21H,1-2H3,(H,35,41)(H,36,40)(H,37,38,39)/b28-18-. The third kappa shape index (κ3) is 8.10. The van der Waals surface area contributed by atoms with Gasteiger partial charge in [-0.1, -0.05) is 65.4 Å². The van der Waals surface area contributed by atoms with Crippen molar-refractivity contribution in [2.24, 2.45) is 0 Å². The Balaban J connectivity index is 1.27. The smallest absolute Gasteiger partial charge is 0.272 e. The molecule has 0 radical (unpaired) electrons. The minimum atomic E-state index is -0.502. The van der Waals surface area contributed by atoms with E-state index in [1.165, 1.54) is 23.1 Å². The van der Waals surface area contributed by atoms with Gasteiger partial charge in [0.25, 0.3) is 11.8 Å². The van der Waals surface area contributed by atoms with Crippen LogP contribution >= 0.6 is 34.7 Å². The number of carbonyl (C=O) groups excluding carboxylic acids is 3. The summed E-state index contributed by atoms with van der Waals surface area (Å²) in [5.41, 5.74) is 3.67. The van der Waals surface area contributed by atoms with Gasteiger partial charge in [-0.25, -0.2) is 4.98 Å². The molecule has 5 aromatic rings. The summed E-state index contributed by atoms with van der Waals surface area (Å²) in [6.07, 6.45) is 1.58. The molecule has 0 aliphatic rings. The Morgan fingerprint density at radius 1 is 0.907 bits per heavy atom. The highest BCUT2D eigenvalue weighted by atomic mass is 35.5. The zero-order valence-electron chi connectivity index (χ0n) is 23.3. The Labute approximate surface area is 262 Å². The zero-order valence-corrected chi connectivity index (χ0v) is 25.6. The molecular formula is C33H27ClN4O3S2. The number of nitrogens with one attached hydrogen (secondary N) is 3. The van der Waals surface area contributed by atoms with Crippen LogP contribution < -0.4 is 16.0 Å². The van der Waals surface area contributed by atoms with E-state index in [0.717, 1.165) is 20.7 Å². The quantitative estimate of drug-likeness (QED) is 0.115. The summed E-state index contributed by atoms with van der Waals surface area (Å²) >= 11 is 8.81. The highest BCUT2D eigenvalue weighted by Crippen LogP contribution is 2.30. The molecule has 3 N–H and O–H groups in total. The number of halogens is 1. The van der Waals surface area contributed by atoms with Gasteiger partial charge in [0.2, 0.25) is 5.91 Å². The minimum absolute atomic E-state index is 0.0630. The van der Waals surface area contributed by atoms with E-state index in [1.807, 2.05) is 44.2 Å². The van der Waals surface area contributed by atoms with Crippen LogP contribution in [0.25, 0.3) is 16.3 Å². The molecule has 1 unspecified atom stereocenters. The first kappa shape index (κ1) is 30.0. The molecular weight excluding hydrogens is 600 g/mol. The van der Waals surface area contributed by atoms with Gasteiger partial charge < -0.3 is 16.0 Å². The van der Waals surface area contributed by atoms with E-state index >= 15 is 0 Å². The number of amides is 3. The molecule has 43 heavy (non-hydrogen) atoms. The van der Waals surface area contributed by atoms with Gasteiger partial charge in [0.1, 0.15) is 5.70 Å². The van der Waals surface area contributed by atoms with Crippen molar-refractivity contribution in [2.45, 2.75) is 24.0 Å². The average Bonchev–Trinajstić information content (AvgIpc) is 3.39. The molecule has 10 heteroatoms. The lowest BCUT2D eigenvalue weighted by molar-refractivity contribution is -0.115. The topological polar surface area (TPSA) is 100 Å². The maximum absolute atomic E-state index is 13.4. The number of aromatic nitrogens is 1. The summed E-state index contributed by atoms with van der Waals surface area (Å²) in [5.74, 6) is -1.09. The average molecular weight is 627 g/mol. The molecule has 4 aromatic carbocycles. The van der Waals surface area contributed by atoms with Gasteiger partial charge in [-0.05, 0) is 85.6 Å². The van der Waals surface area contributed by atoms with Crippen LogP contribution in [-0.4, -0.2) is 28.0 Å². The summed E-state index contributed by atoms with van der Waals surface area (Å²) in [7, 11) is 0. The van der Waals surface area contributed by atoms with Crippen LogP contribution in [0.2, 0.25) is 5.02 Å². The van der Waals surface area contributed by atoms with Gasteiger partial charge in [0, 0.05) is 21.2 Å². The first-order valence-electron chi connectivity index (χ1n) is 13.3. The van der Waals surface area contributed by atoms with Gasteiger partial charge >= 0.3 is 0 Å². The number of rotatable bonds is 9. The molecule has 1 aromatic heterocycles. The number of anilines is 2. The Morgan fingerprint density at radius 2 is 1.67 bits per heavy atom. The molecule has 0 saturated heterocycles. The number of hydrogen-bond donors (Lipinski definition) is 3. The monoisotopic (exact) mass is 626 g/mol. The second-order valence-electron chi connectivity index (χ2n) is 9.65. The van der Waals surface area contributed by atoms with Gasteiger partial charge in [0.15, 0.2) is 5.13 Å². The number of carbonyl (C=O) groups is 3. The van der Waals surface area contributed by atoms with E-state index in [2.05, 4.69) is 20.9 Å². The van der Waals surface area contributed by atoms with Crippen molar-refractivity contribution in [3.8, 4) is 0 Å². The van der Waals surface area contributed by atoms with Gasteiger partial charge in [-0.3, -0.25) is 14.4 Å². The number of fused-ring (bicyclic) bond motifs is 1. The van der Waals surface area contributed by atoms with Crippen molar-refractivity contribution in [3.05, 3.63) is 124 Å². The largest absolute Gasteiger partial charge is 0.321 e. The second-order valence-corrected chi connectivity index (χ2v) is 12.5. The van der Waals surface area contributed by atoms with Crippen LogP contribution in [0.3, 0.4) is 0 Å². The number of hydrogen-bond acceptors (Lipinski definition) is 6. The van der Waals surface area contributed by atoms with E-state index in [-0.39, 0.29) is 11.6 Å². The summed E-state index contributed by atoms with van der Waals surface area (Å²) in [4.78, 5) is 44.5. The van der Waals surface area contributed by atoms with Gasteiger partial charge in [-0.2, -0.15) is 0 Å². The number of benzene rings is 4. The minimum Gasteiger partial charge on any atom is -0.321 e. The summed E-state index contributed by atoms with van der Waals surface area (Å²) in [5, 5.41) is 9.19. The maximum atomic E-state index is 13.4. The lowest BCUT2D eigenvalue weighted by Gasteiger charge is -2.13. The molecule has 5 rings (SSSR count). The van der Waals surface area contributed by atoms with Crippen molar-refractivity contribution in [1.82, 2.24) is 10.3 Å². The first-order valence-corrected chi connectivity index (χ1v) is 15.4. The number of thioether (sulfide) groups is 1. The number of nitrogens with zero attached hydrogens (tertiary/aromatic N) is 1. The molecule has 0 aliphatic carbocycles. The van der Waals surface area contributed by atoms with E-state index < -0.39 is 17.1 Å². The van der Waals surface area contributed by atoms with Crippen LogP contribution in [0.15, 0.2) is 108 Å². The highest BCUT2D eigenvalue weighted by molar-refractivity contribution is 8.00. The van der Waals surface area contributed by atoms with Crippen LogP contribution in [0.4, 0.5) is 10.8 Å². The molecule has 216 valence electrons. The van der Waals surface area contributed by atoms with E-state index in [4.69, 9.17) is 11.6 Å². The predicted octanol–water partition coefficient (Wildman–Crippen LogP) is 7.79. The first-order chi connectivity index (χ1) is 20.7. The molecule has 0 fully saturated rings. The lowest BCUT2D eigenvalue weighted by atomic mass is 10.1. The molecule has 7 nitrogen and oxygen atoms in total. The summed E-state index contributed by atoms with van der Waals surface area (Å²) in [6, 6.07) is 28.7. The van der Waals surface area contributed by atoms with Crippen LogP contribution in [-0.2, 0) is 9.59 Å². The van der Waals surface area contributed by atoms with Crippen molar-refractivity contribution in [3.63, 3.8) is 0 Å². The zero-order chi connectivity index (χ0) is 30.3. The summed E-state index contributed by atoms with van der Waals surface area (Å²) < 4.78 is 1.02. The van der Waals surface area contributed by atoms with Crippen molar-refractivity contribution in [2.75, 3.05) is 10.6 Å². The maximum Gasteiger partial charge on any atom is 0.272 e. The normalized spacial score (nSPS) is 12.0.